The standard InChI is InChI=1S/C19H30OSi/c1-15(2)19(20)13-11-9-10-12-14-21(16(3)4,17(5)6)18(7)8/h15-20H,1-8H3/t19-/m1/s1. The summed E-state index contributed by atoms with van der Waals surface area (Å²) in [5.74, 6) is 14.2. The lowest BCUT2D eigenvalue weighted by molar-refractivity contribution is 0.181. The molecule has 1 atom stereocenters. The first-order chi connectivity index (χ1) is 9.66. The van der Waals surface area contributed by atoms with E-state index < -0.39 is 14.2 Å². The summed E-state index contributed by atoms with van der Waals surface area (Å²) in [6.07, 6.45) is -0.609. The van der Waals surface area contributed by atoms with Crippen molar-refractivity contribution >= 4 is 8.07 Å². The van der Waals surface area contributed by atoms with E-state index in [9.17, 15) is 5.11 Å². The van der Waals surface area contributed by atoms with E-state index >= 15 is 0 Å². The molecular weight excluding hydrogens is 272 g/mol. The summed E-state index contributed by atoms with van der Waals surface area (Å²) >= 11 is 0. The molecule has 0 unspecified atom stereocenters. The van der Waals surface area contributed by atoms with E-state index in [1.54, 1.807) is 0 Å². The number of rotatable bonds is 4. The average Bonchev–Trinajstić information content (AvgIpc) is 2.35. The van der Waals surface area contributed by atoms with E-state index in [2.05, 4.69) is 76.7 Å². The van der Waals surface area contributed by atoms with E-state index in [0.717, 1.165) is 0 Å². The first kappa shape index (κ1) is 19.9. The molecule has 0 fully saturated rings. The van der Waals surface area contributed by atoms with Crippen LogP contribution in [0.25, 0.3) is 0 Å². The van der Waals surface area contributed by atoms with E-state index in [1.807, 2.05) is 13.8 Å². The second-order valence-electron chi connectivity index (χ2n) is 6.86. The summed E-state index contributed by atoms with van der Waals surface area (Å²) in [5.41, 5.74) is 5.36. The Morgan fingerprint density at radius 1 is 0.667 bits per heavy atom. The highest BCUT2D eigenvalue weighted by atomic mass is 28.3. The quantitative estimate of drug-likeness (QED) is 0.608. The summed E-state index contributed by atoms with van der Waals surface area (Å²) in [7, 11) is -1.69. The molecular formula is C19H30OSi. The zero-order valence-corrected chi connectivity index (χ0v) is 15.8. The molecule has 0 saturated carbocycles. The van der Waals surface area contributed by atoms with Crippen LogP contribution < -0.4 is 0 Å². The first-order valence-corrected chi connectivity index (χ1v) is 10.1. The molecule has 0 heterocycles. The highest BCUT2D eigenvalue weighted by Crippen LogP contribution is 2.40. The van der Waals surface area contributed by atoms with Gasteiger partial charge in [-0.1, -0.05) is 61.3 Å². The third kappa shape index (κ3) is 5.63. The predicted octanol–water partition coefficient (Wildman–Crippen LogP) is 4.23. The highest BCUT2D eigenvalue weighted by molar-refractivity contribution is 6.90. The summed E-state index contributed by atoms with van der Waals surface area (Å²) in [6, 6.07) is 0. The Balaban J connectivity index is 5.19. The summed E-state index contributed by atoms with van der Waals surface area (Å²) < 4.78 is 0. The molecule has 0 rings (SSSR count). The predicted molar refractivity (Wildman–Crippen MR) is 95.2 cm³/mol. The van der Waals surface area contributed by atoms with Crippen molar-refractivity contribution in [2.75, 3.05) is 0 Å². The maximum Gasteiger partial charge on any atom is 0.147 e. The number of aliphatic hydroxyl groups excluding tert-OH is 1. The third-order valence-electron chi connectivity index (χ3n) is 4.18. The van der Waals surface area contributed by atoms with Gasteiger partial charge in [0.25, 0.3) is 0 Å². The Morgan fingerprint density at radius 2 is 1.10 bits per heavy atom. The van der Waals surface area contributed by atoms with Crippen LogP contribution in [0.3, 0.4) is 0 Å². The second-order valence-corrected chi connectivity index (χ2v) is 12.4. The van der Waals surface area contributed by atoms with Crippen LogP contribution >= 0.6 is 0 Å². The fraction of sp³-hybridized carbons (Fsp3) is 0.684. The van der Waals surface area contributed by atoms with Gasteiger partial charge in [0.2, 0.25) is 0 Å². The van der Waals surface area contributed by atoms with Crippen LogP contribution in [-0.4, -0.2) is 19.3 Å². The molecule has 21 heavy (non-hydrogen) atoms. The van der Waals surface area contributed by atoms with Gasteiger partial charge in [-0.3, -0.25) is 0 Å². The summed E-state index contributed by atoms with van der Waals surface area (Å²) in [4.78, 5) is 0. The third-order valence-corrected chi connectivity index (χ3v) is 10.5. The molecule has 0 aliphatic heterocycles. The second kappa shape index (κ2) is 8.99. The van der Waals surface area contributed by atoms with Crippen LogP contribution in [0.5, 0.6) is 0 Å². The lowest BCUT2D eigenvalue weighted by Gasteiger charge is -2.37. The molecule has 0 aliphatic carbocycles. The zero-order chi connectivity index (χ0) is 16.6. The molecule has 0 amide bonds. The SMILES string of the molecule is CC(C)[C@H](O)C#CC#CC#C[Si](C(C)C)(C(C)C)C(C)C. The molecule has 0 aromatic carbocycles. The van der Waals surface area contributed by atoms with E-state index in [1.165, 1.54) is 0 Å². The molecule has 0 aliphatic rings. The molecule has 1 nitrogen and oxygen atoms in total. The van der Waals surface area contributed by atoms with Crippen LogP contribution in [-0.2, 0) is 0 Å². The van der Waals surface area contributed by atoms with Crippen LogP contribution in [0.4, 0.5) is 0 Å². The fourth-order valence-electron chi connectivity index (χ4n) is 2.91. The maximum absolute atomic E-state index is 9.56. The molecule has 0 spiro atoms. The van der Waals surface area contributed by atoms with E-state index in [-0.39, 0.29) is 5.92 Å². The van der Waals surface area contributed by atoms with Gasteiger partial charge in [-0.15, -0.1) is 5.54 Å². The fourth-order valence-corrected chi connectivity index (χ4v) is 8.06. The Labute approximate surface area is 132 Å². The van der Waals surface area contributed by atoms with Crippen molar-refractivity contribution in [1.82, 2.24) is 0 Å². The minimum atomic E-state index is -1.69. The summed E-state index contributed by atoms with van der Waals surface area (Å²) in [5, 5.41) is 9.56. The van der Waals surface area contributed by atoms with E-state index in [4.69, 9.17) is 0 Å². The van der Waals surface area contributed by atoms with Crippen molar-refractivity contribution in [3.63, 3.8) is 0 Å². The van der Waals surface area contributed by atoms with Crippen molar-refractivity contribution in [3.05, 3.63) is 0 Å². The molecule has 1 N–H and O–H groups in total. The zero-order valence-electron chi connectivity index (χ0n) is 14.8. The van der Waals surface area contributed by atoms with Crippen molar-refractivity contribution in [2.45, 2.75) is 78.1 Å². The Morgan fingerprint density at radius 3 is 1.48 bits per heavy atom. The van der Waals surface area contributed by atoms with Gasteiger partial charge < -0.3 is 5.11 Å². The lowest BCUT2D eigenvalue weighted by atomic mass is 10.1. The van der Waals surface area contributed by atoms with Crippen molar-refractivity contribution in [1.29, 1.82) is 0 Å². The van der Waals surface area contributed by atoms with Gasteiger partial charge in [0, 0.05) is 0 Å². The number of hydrogen-bond acceptors (Lipinski definition) is 1. The monoisotopic (exact) mass is 302 g/mol. The number of aliphatic hydroxyl groups is 1. The highest BCUT2D eigenvalue weighted by Gasteiger charge is 2.41. The van der Waals surface area contributed by atoms with Crippen LogP contribution in [0.1, 0.15) is 55.4 Å². The van der Waals surface area contributed by atoms with Crippen LogP contribution in [0.15, 0.2) is 0 Å². The molecule has 0 saturated heterocycles. The van der Waals surface area contributed by atoms with E-state index in [0.29, 0.717) is 16.6 Å². The molecule has 116 valence electrons. The van der Waals surface area contributed by atoms with Gasteiger partial charge >= 0.3 is 0 Å². The van der Waals surface area contributed by atoms with Crippen LogP contribution in [0.2, 0.25) is 16.6 Å². The largest absolute Gasteiger partial charge is 0.380 e. The van der Waals surface area contributed by atoms with Gasteiger partial charge in [0.05, 0.1) is 0 Å². The van der Waals surface area contributed by atoms with Crippen molar-refractivity contribution < 1.29 is 5.11 Å². The Bertz CT molecular complexity index is 473. The smallest absolute Gasteiger partial charge is 0.147 e. The Hall–Kier alpha value is -1.14. The topological polar surface area (TPSA) is 20.2 Å². The van der Waals surface area contributed by atoms with Crippen LogP contribution in [0, 0.1) is 41.1 Å². The van der Waals surface area contributed by atoms with Crippen molar-refractivity contribution in [3.8, 4) is 35.1 Å². The van der Waals surface area contributed by atoms with Gasteiger partial charge in [-0.05, 0) is 46.2 Å². The van der Waals surface area contributed by atoms with Gasteiger partial charge in [0.1, 0.15) is 14.2 Å². The molecule has 0 aromatic rings. The molecule has 0 aromatic heterocycles. The molecule has 2 heteroatoms. The average molecular weight is 303 g/mol. The normalized spacial score (nSPS) is 12.4. The summed E-state index contributed by atoms with van der Waals surface area (Å²) in [6.45, 7) is 17.6. The minimum absolute atomic E-state index is 0.133. The lowest BCUT2D eigenvalue weighted by Crippen LogP contribution is -2.43. The molecule has 0 bridgehead atoms. The van der Waals surface area contributed by atoms with Gasteiger partial charge in [0.15, 0.2) is 0 Å². The minimum Gasteiger partial charge on any atom is -0.380 e. The van der Waals surface area contributed by atoms with Crippen molar-refractivity contribution in [2.24, 2.45) is 5.92 Å². The number of hydrogen-bond donors (Lipinski definition) is 1. The van der Waals surface area contributed by atoms with Gasteiger partial charge in [-0.2, -0.15) is 0 Å². The van der Waals surface area contributed by atoms with Gasteiger partial charge in [-0.25, -0.2) is 0 Å². The first-order valence-electron chi connectivity index (χ1n) is 7.87. The maximum atomic E-state index is 9.56. The molecule has 0 radical (unpaired) electrons. The Kier molecular flexibility index (Phi) is 8.50.